The zero-order chi connectivity index (χ0) is 13.1. The quantitative estimate of drug-likeness (QED) is 0.815. The fourth-order valence-corrected chi connectivity index (χ4v) is 3.24. The van der Waals surface area contributed by atoms with Gasteiger partial charge >= 0.3 is 0 Å². The highest BCUT2D eigenvalue weighted by molar-refractivity contribution is 5.53. The smallest absolute Gasteiger partial charge is 0.146 e. The molecule has 4 heteroatoms. The summed E-state index contributed by atoms with van der Waals surface area (Å²) in [5.41, 5.74) is 0.685. The maximum Gasteiger partial charge on any atom is 0.146 e. The van der Waals surface area contributed by atoms with E-state index < -0.39 is 0 Å². The third kappa shape index (κ3) is 2.57. The highest BCUT2D eigenvalue weighted by Crippen LogP contribution is 2.32. The summed E-state index contributed by atoms with van der Waals surface area (Å²) in [7, 11) is 0. The van der Waals surface area contributed by atoms with Gasteiger partial charge in [0.15, 0.2) is 0 Å². The predicted octanol–water partition coefficient (Wildman–Crippen LogP) is 2.21. The maximum absolute atomic E-state index is 9.14. The molecule has 1 atom stereocenters. The molecule has 2 aliphatic heterocycles. The Morgan fingerprint density at radius 1 is 1.26 bits per heavy atom. The van der Waals surface area contributed by atoms with E-state index in [1.54, 1.807) is 6.20 Å². The Morgan fingerprint density at radius 2 is 2.11 bits per heavy atom. The third-order valence-electron chi connectivity index (χ3n) is 4.38. The molecule has 2 saturated heterocycles. The number of rotatable bonds is 2. The summed E-state index contributed by atoms with van der Waals surface area (Å²) in [6.45, 7) is 3.89. The van der Waals surface area contributed by atoms with Gasteiger partial charge in [-0.2, -0.15) is 5.26 Å². The van der Waals surface area contributed by atoms with Crippen LogP contribution < -0.4 is 4.90 Å². The normalized spacial score (nSPS) is 24.4. The number of anilines is 1. The first-order valence-electron chi connectivity index (χ1n) is 7.06. The molecule has 0 radical (unpaired) electrons. The van der Waals surface area contributed by atoms with Gasteiger partial charge in [-0.15, -0.1) is 0 Å². The fraction of sp³-hybridized carbons (Fsp3) is 0.600. The monoisotopic (exact) mass is 257 g/mol. The average molecular weight is 257 g/mol. The second-order valence-corrected chi connectivity index (χ2v) is 5.43. The second-order valence-electron chi connectivity index (χ2n) is 5.43. The summed E-state index contributed by atoms with van der Waals surface area (Å²) in [5.74, 6) is 2.39. The fourth-order valence-electron chi connectivity index (χ4n) is 3.24. The van der Waals surface area contributed by atoms with Crippen molar-refractivity contribution in [3.8, 4) is 6.07 Å². The lowest BCUT2D eigenvalue weighted by atomic mass is 9.84. The van der Waals surface area contributed by atoms with Crippen LogP contribution in [0.25, 0.3) is 0 Å². The Bertz CT molecular complexity index is 469. The molecule has 0 N–H and O–H groups in total. The van der Waals surface area contributed by atoms with E-state index in [1.165, 1.54) is 19.3 Å². The molecular weight excluding hydrogens is 238 g/mol. The van der Waals surface area contributed by atoms with E-state index in [1.807, 2.05) is 12.1 Å². The minimum absolute atomic E-state index is 0.685. The zero-order valence-electron chi connectivity index (χ0n) is 11.1. The molecule has 0 bridgehead atoms. The topological polar surface area (TPSA) is 49.2 Å². The first kappa shape index (κ1) is 12.4. The summed E-state index contributed by atoms with van der Waals surface area (Å²) in [6, 6.07) is 5.91. The van der Waals surface area contributed by atoms with Crippen LogP contribution in [0.3, 0.4) is 0 Å². The van der Waals surface area contributed by atoms with E-state index >= 15 is 0 Å². The summed E-state index contributed by atoms with van der Waals surface area (Å²) < 4.78 is 5.49. The van der Waals surface area contributed by atoms with E-state index in [9.17, 15) is 0 Å². The molecule has 100 valence electrons. The first-order chi connectivity index (χ1) is 9.38. The molecule has 0 amide bonds. The molecule has 19 heavy (non-hydrogen) atoms. The van der Waals surface area contributed by atoms with Crippen LogP contribution in [0.2, 0.25) is 0 Å². The van der Waals surface area contributed by atoms with E-state index in [2.05, 4.69) is 16.0 Å². The number of piperidine rings is 1. The summed E-state index contributed by atoms with van der Waals surface area (Å²) >= 11 is 0. The Morgan fingerprint density at radius 3 is 2.79 bits per heavy atom. The van der Waals surface area contributed by atoms with Gasteiger partial charge in [-0.3, -0.25) is 0 Å². The lowest BCUT2D eigenvalue weighted by molar-refractivity contribution is 0.164. The lowest BCUT2D eigenvalue weighted by Gasteiger charge is -2.35. The number of nitrogens with zero attached hydrogens (tertiary/aromatic N) is 3. The Kier molecular flexibility index (Phi) is 3.65. The lowest BCUT2D eigenvalue weighted by Crippen LogP contribution is -2.37. The number of hydrogen-bond donors (Lipinski definition) is 0. The number of hydrogen-bond acceptors (Lipinski definition) is 4. The standard InChI is InChI=1S/C15H19N3O/c16-10-13-2-1-6-17-15(13)18-7-3-12(4-8-18)14-5-9-19-11-14/h1-2,6,12,14H,3-5,7-9,11H2. The van der Waals surface area contributed by atoms with Gasteiger partial charge in [0.1, 0.15) is 11.9 Å². The Balaban J connectivity index is 1.65. The van der Waals surface area contributed by atoms with Crippen molar-refractivity contribution < 1.29 is 4.74 Å². The largest absolute Gasteiger partial charge is 0.381 e. The molecule has 0 saturated carbocycles. The SMILES string of the molecule is N#Cc1cccnc1N1CCC(C2CCOC2)CC1. The van der Waals surface area contributed by atoms with Crippen LogP contribution in [0, 0.1) is 23.2 Å². The summed E-state index contributed by atoms with van der Waals surface area (Å²) in [5, 5.41) is 9.14. The van der Waals surface area contributed by atoms with Crippen molar-refractivity contribution in [1.82, 2.24) is 4.98 Å². The summed E-state index contributed by atoms with van der Waals surface area (Å²) in [4.78, 5) is 6.63. The minimum Gasteiger partial charge on any atom is -0.381 e. The second kappa shape index (κ2) is 5.58. The van der Waals surface area contributed by atoms with Crippen molar-refractivity contribution in [3.05, 3.63) is 23.9 Å². The van der Waals surface area contributed by atoms with E-state index in [-0.39, 0.29) is 0 Å². The van der Waals surface area contributed by atoms with E-state index in [0.717, 1.165) is 44.0 Å². The van der Waals surface area contributed by atoms with Crippen molar-refractivity contribution in [1.29, 1.82) is 5.26 Å². The molecule has 0 aromatic carbocycles. The van der Waals surface area contributed by atoms with Crippen molar-refractivity contribution in [2.45, 2.75) is 19.3 Å². The van der Waals surface area contributed by atoms with Crippen molar-refractivity contribution in [2.75, 3.05) is 31.2 Å². The number of pyridine rings is 1. The number of nitriles is 1. The van der Waals surface area contributed by atoms with Gasteiger partial charge in [0.05, 0.1) is 5.56 Å². The average Bonchev–Trinajstić information content (AvgIpc) is 3.02. The molecule has 1 aromatic heterocycles. The molecule has 1 unspecified atom stereocenters. The van der Waals surface area contributed by atoms with Gasteiger partial charge in [0.2, 0.25) is 0 Å². The van der Waals surface area contributed by atoms with Gasteiger partial charge in [-0.1, -0.05) is 0 Å². The zero-order valence-corrected chi connectivity index (χ0v) is 11.1. The van der Waals surface area contributed by atoms with Crippen molar-refractivity contribution in [3.63, 3.8) is 0 Å². The Hall–Kier alpha value is -1.60. The molecule has 0 spiro atoms. The van der Waals surface area contributed by atoms with Crippen molar-refractivity contribution in [2.24, 2.45) is 11.8 Å². The van der Waals surface area contributed by atoms with Crippen LogP contribution in [0.5, 0.6) is 0 Å². The first-order valence-corrected chi connectivity index (χ1v) is 7.06. The van der Waals surface area contributed by atoms with Crippen LogP contribution in [0.1, 0.15) is 24.8 Å². The molecule has 0 aliphatic carbocycles. The van der Waals surface area contributed by atoms with E-state index in [4.69, 9.17) is 10.00 Å². The van der Waals surface area contributed by atoms with Crippen molar-refractivity contribution >= 4 is 5.82 Å². The third-order valence-corrected chi connectivity index (χ3v) is 4.38. The van der Waals surface area contributed by atoms with Crippen LogP contribution in [0.4, 0.5) is 5.82 Å². The minimum atomic E-state index is 0.685. The van der Waals surface area contributed by atoms with Gasteiger partial charge in [-0.25, -0.2) is 4.98 Å². The highest BCUT2D eigenvalue weighted by atomic mass is 16.5. The van der Waals surface area contributed by atoms with Crippen LogP contribution >= 0.6 is 0 Å². The van der Waals surface area contributed by atoms with Gasteiger partial charge in [0.25, 0.3) is 0 Å². The number of aromatic nitrogens is 1. The molecule has 3 heterocycles. The number of ether oxygens (including phenoxy) is 1. The molecule has 3 rings (SSSR count). The van der Waals surface area contributed by atoms with Crippen LogP contribution in [-0.2, 0) is 4.74 Å². The van der Waals surface area contributed by atoms with Gasteiger partial charge in [0, 0.05) is 32.5 Å². The van der Waals surface area contributed by atoms with E-state index in [0.29, 0.717) is 5.56 Å². The predicted molar refractivity (Wildman–Crippen MR) is 72.8 cm³/mol. The van der Waals surface area contributed by atoms with Gasteiger partial charge < -0.3 is 9.64 Å². The Labute approximate surface area is 114 Å². The highest BCUT2D eigenvalue weighted by Gasteiger charge is 2.29. The van der Waals surface area contributed by atoms with Gasteiger partial charge in [-0.05, 0) is 43.2 Å². The molecule has 2 aliphatic rings. The summed E-state index contributed by atoms with van der Waals surface area (Å²) in [6.07, 6.45) is 5.37. The van der Waals surface area contributed by atoms with Crippen LogP contribution in [-0.4, -0.2) is 31.3 Å². The molecular formula is C15H19N3O. The molecule has 1 aromatic rings. The molecule has 4 nitrogen and oxygen atoms in total. The molecule has 2 fully saturated rings. The van der Waals surface area contributed by atoms with Crippen LogP contribution in [0.15, 0.2) is 18.3 Å². The maximum atomic E-state index is 9.14.